The second-order valence-electron chi connectivity index (χ2n) is 1.38. The van der Waals surface area contributed by atoms with E-state index in [-0.39, 0.29) is 19.5 Å². The molecule has 0 aliphatic heterocycles. The molecule has 0 aromatic carbocycles. The summed E-state index contributed by atoms with van der Waals surface area (Å²) in [6.45, 7) is 18.0. The zero-order chi connectivity index (χ0) is 16.0. The van der Waals surface area contributed by atoms with Gasteiger partial charge in [-0.15, -0.1) is 0 Å². The fourth-order valence-electron chi connectivity index (χ4n) is 0.272. The van der Waals surface area contributed by atoms with E-state index in [9.17, 15) is 9.59 Å². The molecule has 0 heterocycles. The Kier molecular flexibility index (Phi) is 105. The fourth-order valence-corrected chi connectivity index (χ4v) is 0.272. The van der Waals surface area contributed by atoms with E-state index in [2.05, 4.69) is 36.1 Å². The largest absolute Gasteiger partial charge is 2.00 e. The minimum Gasteiger partial charge on any atom is 2.00 e. The summed E-state index contributed by atoms with van der Waals surface area (Å²) in [5.41, 5.74) is 0. The molecular weight excluding hydrogens is 349 g/mol. The third-order valence-electron chi connectivity index (χ3n) is 0.758. The van der Waals surface area contributed by atoms with Crippen LogP contribution in [0.25, 0.3) is 0 Å². The molecule has 8 nitrogen and oxygen atoms in total. The van der Waals surface area contributed by atoms with Crippen LogP contribution >= 0.6 is 0 Å². The van der Waals surface area contributed by atoms with Crippen LogP contribution in [0, 0.1) is 39.4 Å². The summed E-state index contributed by atoms with van der Waals surface area (Å²) in [6.07, 6.45) is 1.98. The fraction of sp³-hybridized carbons (Fsp3) is 0.200. The first-order valence-corrected chi connectivity index (χ1v) is 3.36. The van der Waals surface area contributed by atoms with Crippen molar-refractivity contribution >= 4 is 11.9 Å². The van der Waals surface area contributed by atoms with Crippen molar-refractivity contribution in [1.29, 1.82) is 0 Å². The van der Waals surface area contributed by atoms with Gasteiger partial charge in [0.2, 0.25) is 0 Å². The van der Waals surface area contributed by atoms with Gasteiger partial charge in [-0.25, -0.2) is 0 Å². The molecular formula is C10H8O8Ru. The molecule has 0 saturated carbocycles. The normalized spacial score (nSPS) is 4.53. The summed E-state index contributed by atoms with van der Waals surface area (Å²) in [7, 11) is 2.45. The Balaban J connectivity index is -0.0000000401. The van der Waals surface area contributed by atoms with Crippen molar-refractivity contribution in [2.75, 3.05) is 14.2 Å². The van der Waals surface area contributed by atoms with Crippen molar-refractivity contribution in [1.82, 2.24) is 0 Å². The average molecular weight is 357 g/mol. The van der Waals surface area contributed by atoms with Gasteiger partial charge in [-0.2, -0.15) is 0 Å². The molecule has 0 atom stereocenters. The maximum Gasteiger partial charge on any atom is 2.00 e. The van der Waals surface area contributed by atoms with Crippen molar-refractivity contribution in [2.24, 2.45) is 0 Å². The number of methoxy groups -OCH3 is 2. The van der Waals surface area contributed by atoms with Crippen molar-refractivity contribution < 1.29 is 57.1 Å². The molecule has 104 valence electrons. The standard InChI is InChI=1S/C6H8O4.4CO.Ru/c1-9-5(7)3-4-6(8)10-2;4*1-2;/h3-4H,1-2H3;;;;;/q-2;;;;;+2. The van der Waals surface area contributed by atoms with Crippen LogP contribution in [0.3, 0.4) is 0 Å². The maximum atomic E-state index is 10.3. The topological polar surface area (TPSA) is 132 Å². The molecule has 0 unspecified atom stereocenters. The van der Waals surface area contributed by atoms with E-state index in [1.807, 2.05) is 0 Å². The minimum atomic E-state index is -0.578. The number of hydrogen-bond donors (Lipinski definition) is 0. The van der Waals surface area contributed by atoms with Crippen LogP contribution in [0.5, 0.6) is 0 Å². The smallest absolute Gasteiger partial charge is 2.00 e. The van der Waals surface area contributed by atoms with Gasteiger partial charge in [0.15, 0.2) is 0 Å². The van der Waals surface area contributed by atoms with Gasteiger partial charge >= 0.3 is 64.7 Å². The Morgan fingerprint density at radius 2 is 0.895 bits per heavy atom. The van der Waals surface area contributed by atoms with Gasteiger partial charge in [0, 0.05) is 0 Å². The zero-order valence-electron chi connectivity index (χ0n) is 9.77. The summed E-state index contributed by atoms with van der Waals surface area (Å²) in [6, 6.07) is 0. The van der Waals surface area contributed by atoms with Crippen molar-refractivity contribution in [3.63, 3.8) is 0 Å². The molecule has 0 aliphatic rings. The molecule has 0 fully saturated rings. The van der Waals surface area contributed by atoms with Crippen LogP contribution in [-0.2, 0) is 57.1 Å². The van der Waals surface area contributed by atoms with Crippen LogP contribution in [-0.4, -0.2) is 26.2 Å². The first-order valence-electron chi connectivity index (χ1n) is 3.36. The minimum absolute atomic E-state index is 0. The summed E-state index contributed by atoms with van der Waals surface area (Å²) < 4.78 is 38.4. The predicted octanol–water partition coefficient (Wildman–Crippen LogP) is -0.412. The Morgan fingerprint density at radius 1 is 0.737 bits per heavy atom. The number of carbonyl (C=O) groups excluding carboxylic acids is 2. The van der Waals surface area contributed by atoms with Crippen molar-refractivity contribution in [3.05, 3.63) is 39.4 Å². The SMILES string of the molecule is COC(=O)[CH-][CH-]C(=O)OC.[C-]#[O+].[C-]#[O+].[C-]#[O+].[C-]#[O+].[Ru+2]. The average Bonchev–Trinajstić information content (AvgIpc) is 2.52. The van der Waals surface area contributed by atoms with Gasteiger partial charge in [-0.1, -0.05) is 0 Å². The molecule has 19 heavy (non-hydrogen) atoms. The van der Waals surface area contributed by atoms with E-state index >= 15 is 0 Å². The van der Waals surface area contributed by atoms with Crippen LogP contribution < -0.4 is 0 Å². The Morgan fingerprint density at radius 3 is 1.00 bits per heavy atom. The first kappa shape index (κ1) is 36.0. The Bertz CT molecular complexity index is 226. The van der Waals surface area contributed by atoms with Gasteiger partial charge in [0.05, 0.1) is 14.2 Å². The summed E-state index contributed by atoms with van der Waals surface area (Å²) in [5.74, 6) is -1.16. The Hall–Kier alpha value is -1.74. The number of rotatable bonds is 3. The summed E-state index contributed by atoms with van der Waals surface area (Å²) in [4.78, 5) is 20.6. The molecule has 0 aromatic rings. The van der Waals surface area contributed by atoms with E-state index in [1.54, 1.807) is 0 Å². The summed E-state index contributed by atoms with van der Waals surface area (Å²) in [5, 5.41) is 0. The van der Waals surface area contributed by atoms with Crippen LogP contribution in [0.15, 0.2) is 0 Å². The predicted molar refractivity (Wildman–Crippen MR) is 48.4 cm³/mol. The molecule has 0 N–H and O–H groups in total. The van der Waals surface area contributed by atoms with E-state index in [0.29, 0.717) is 0 Å². The first-order chi connectivity index (χ1) is 8.70. The zero-order valence-corrected chi connectivity index (χ0v) is 11.5. The Labute approximate surface area is 123 Å². The van der Waals surface area contributed by atoms with Crippen LogP contribution in [0.2, 0.25) is 0 Å². The van der Waals surface area contributed by atoms with E-state index in [4.69, 9.17) is 18.6 Å². The van der Waals surface area contributed by atoms with E-state index in [1.165, 1.54) is 14.2 Å². The number of esters is 2. The maximum absolute atomic E-state index is 10.3. The van der Waals surface area contributed by atoms with E-state index < -0.39 is 11.9 Å². The molecule has 0 spiro atoms. The number of hydrogen-bond acceptors (Lipinski definition) is 4. The molecule has 0 aromatic heterocycles. The molecule has 0 radical (unpaired) electrons. The van der Waals surface area contributed by atoms with Gasteiger partial charge in [0.1, 0.15) is 11.9 Å². The number of carbonyl (C=O) groups is 2. The second-order valence-corrected chi connectivity index (χ2v) is 1.38. The number of ether oxygens (including phenoxy) is 2. The molecule has 0 bridgehead atoms. The molecule has 0 saturated heterocycles. The van der Waals surface area contributed by atoms with Crippen LogP contribution in [0.1, 0.15) is 0 Å². The van der Waals surface area contributed by atoms with Crippen molar-refractivity contribution in [3.8, 4) is 0 Å². The van der Waals surface area contributed by atoms with Crippen LogP contribution in [0.4, 0.5) is 0 Å². The summed E-state index contributed by atoms with van der Waals surface area (Å²) >= 11 is 0. The van der Waals surface area contributed by atoms with Crippen molar-refractivity contribution in [2.45, 2.75) is 0 Å². The van der Waals surface area contributed by atoms with Gasteiger partial charge < -0.3 is 22.3 Å². The monoisotopic (exact) mass is 358 g/mol. The van der Waals surface area contributed by atoms with Gasteiger partial charge in [0.25, 0.3) is 0 Å². The van der Waals surface area contributed by atoms with E-state index in [0.717, 1.165) is 12.8 Å². The molecule has 0 amide bonds. The molecule has 9 heteroatoms. The molecule has 0 aliphatic carbocycles. The third kappa shape index (κ3) is 62.7. The van der Waals surface area contributed by atoms with Gasteiger partial charge in [-0.05, 0) is 0 Å². The third-order valence-corrected chi connectivity index (χ3v) is 0.758. The van der Waals surface area contributed by atoms with Gasteiger partial charge in [-0.3, -0.25) is 9.59 Å². The quantitative estimate of drug-likeness (QED) is 0.294. The second kappa shape index (κ2) is 55.5. The molecule has 0 rings (SSSR count).